The zero-order chi connectivity index (χ0) is 12.0. The largest absolute Gasteiger partial charge is 0.365 e. The summed E-state index contributed by atoms with van der Waals surface area (Å²) in [4.78, 5) is 0. The summed E-state index contributed by atoms with van der Waals surface area (Å²) in [5.41, 5.74) is 0.720. The summed E-state index contributed by atoms with van der Waals surface area (Å²) in [6.07, 6.45) is 0.948. The van der Waals surface area contributed by atoms with Crippen LogP contribution in [0, 0.1) is 5.41 Å². The monoisotopic (exact) mass is 252 g/mol. The average molecular weight is 253 g/mol. The van der Waals surface area contributed by atoms with Crippen LogP contribution in [0.1, 0.15) is 20.3 Å². The number of halogens is 1. The number of alkyl halides is 1. The number of nitrogens with zero attached hydrogens (tertiary/aromatic N) is 5. The number of aromatic nitrogens is 5. The van der Waals surface area contributed by atoms with Gasteiger partial charge in [-0.05, 0) is 29.0 Å². The minimum atomic E-state index is 0.0822. The van der Waals surface area contributed by atoms with Crippen molar-refractivity contribution in [2.75, 3.05) is 5.32 Å². The van der Waals surface area contributed by atoms with Crippen molar-refractivity contribution in [2.45, 2.75) is 31.7 Å². The van der Waals surface area contributed by atoms with Crippen LogP contribution in [0.4, 0.5) is 5.82 Å². The molecule has 3 rings (SSSR count). The van der Waals surface area contributed by atoms with Crippen LogP contribution < -0.4 is 5.32 Å². The highest BCUT2D eigenvalue weighted by Crippen LogP contribution is 2.45. The molecule has 0 aromatic carbocycles. The van der Waals surface area contributed by atoms with Crippen LogP contribution in [0.2, 0.25) is 0 Å². The number of tetrazole rings is 1. The van der Waals surface area contributed by atoms with Gasteiger partial charge in [-0.3, -0.25) is 0 Å². The Bertz CT molecular complexity index is 550. The molecule has 1 aliphatic carbocycles. The first-order chi connectivity index (χ1) is 8.07. The Morgan fingerprint density at radius 1 is 1.47 bits per heavy atom. The van der Waals surface area contributed by atoms with Gasteiger partial charge in [0.2, 0.25) is 0 Å². The van der Waals surface area contributed by atoms with Gasteiger partial charge in [-0.1, -0.05) is 13.8 Å². The molecule has 2 aromatic rings. The third-order valence-corrected chi connectivity index (χ3v) is 4.28. The Morgan fingerprint density at radius 2 is 2.29 bits per heavy atom. The molecule has 1 N–H and O–H groups in total. The van der Waals surface area contributed by atoms with Crippen molar-refractivity contribution in [1.82, 2.24) is 25.3 Å². The third-order valence-electron chi connectivity index (χ3n) is 3.54. The lowest BCUT2D eigenvalue weighted by Crippen LogP contribution is -2.54. The Balaban J connectivity index is 1.81. The highest BCUT2D eigenvalue weighted by atomic mass is 35.5. The van der Waals surface area contributed by atoms with Gasteiger partial charge in [0.25, 0.3) is 0 Å². The summed E-state index contributed by atoms with van der Waals surface area (Å²) < 4.78 is 1.41. The molecule has 0 spiro atoms. The van der Waals surface area contributed by atoms with E-state index in [1.165, 1.54) is 4.63 Å². The van der Waals surface area contributed by atoms with Crippen LogP contribution in [-0.2, 0) is 0 Å². The maximum Gasteiger partial charge on any atom is 0.200 e. The minimum absolute atomic E-state index is 0.0822. The van der Waals surface area contributed by atoms with Gasteiger partial charge in [0.05, 0.1) is 0 Å². The fourth-order valence-electron chi connectivity index (χ4n) is 2.02. The second-order valence-corrected chi connectivity index (χ2v) is 5.49. The van der Waals surface area contributed by atoms with Crippen molar-refractivity contribution in [3.8, 4) is 0 Å². The molecule has 0 amide bonds. The minimum Gasteiger partial charge on any atom is -0.365 e. The van der Waals surface area contributed by atoms with Crippen molar-refractivity contribution in [3.63, 3.8) is 0 Å². The Hall–Kier alpha value is -1.43. The van der Waals surface area contributed by atoms with Crippen LogP contribution in [0.15, 0.2) is 12.1 Å². The molecule has 7 heteroatoms. The van der Waals surface area contributed by atoms with E-state index in [4.69, 9.17) is 11.6 Å². The molecule has 0 bridgehead atoms. The molecule has 0 saturated heterocycles. The van der Waals surface area contributed by atoms with E-state index < -0.39 is 0 Å². The number of fused-ring (bicyclic) bond motifs is 1. The summed E-state index contributed by atoms with van der Waals surface area (Å²) in [6.45, 7) is 4.31. The molecule has 0 aliphatic heterocycles. The van der Waals surface area contributed by atoms with E-state index in [0.29, 0.717) is 11.7 Å². The Labute approximate surface area is 103 Å². The maximum absolute atomic E-state index is 6.18. The van der Waals surface area contributed by atoms with Crippen LogP contribution >= 0.6 is 11.6 Å². The Kier molecular flexibility index (Phi) is 2.22. The normalized spacial score (nSPS) is 26.8. The molecule has 1 fully saturated rings. The lowest BCUT2D eigenvalue weighted by Gasteiger charge is -2.49. The standard InChI is InChI=1S/C10H13ClN6/c1-10(2)6(11)5-7(10)12-8-3-4-9-13-15-16-17(9)14-8/h3-4,6-7H,5H2,1-2H3,(H,12,14). The van der Waals surface area contributed by atoms with Gasteiger partial charge in [-0.2, -0.15) is 0 Å². The van der Waals surface area contributed by atoms with Crippen molar-refractivity contribution in [1.29, 1.82) is 0 Å². The topological polar surface area (TPSA) is 68.0 Å². The molecule has 17 heavy (non-hydrogen) atoms. The van der Waals surface area contributed by atoms with Crippen molar-refractivity contribution in [2.24, 2.45) is 5.41 Å². The smallest absolute Gasteiger partial charge is 0.200 e. The molecule has 2 heterocycles. The van der Waals surface area contributed by atoms with Gasteiger partial charge < -0.3 is 5.32 Å². The molecule has 2 atom stereocenters. The predicted molar refractivity (Wildman–Crippen MR) is 64.0 cm³/mol. The van der Waals surface area contributed by atoms with Crippen LogP contribution in [0.3, 0.4) is 0 Å². The van der Waals surface area contributed by atoms with Crippen LogP contribution in [0.25, 0.3) is 5.65 Å². The second-order valence-electron chi connectivity index (χ2n) is 4.97. The summed E-state index contributed by atoms with van der Waals surface area (Å²) in [6, 6.07) is 4.05. The van der Waals surface area contributed by atoms with Gasteiger partial charge in [-0.15, -0.1) is 26.4 Å². The highest BCUT2D eigenvalue weighted by molar-refractivity contribution is 6.21. The van der Waals surface area contributed by atoms with Gasteiger partial charge >= 0.3 is 0 Å². The van der Waals surface area contributed by atoms with Gasteiger partial charge in [0.15, 0.2) is 5.65 Å². The number of hydrogen-bond donors (Lipinski definition) is 1. The lowest BCUT2D eigenvalue weighted by atomic mass is 9.67. The number of rotatable bonds is 2. The highest BCUT2D eigenvalue weighted by Gasteiger charge is 2.47. The summed E-state index contributed by atoms with van der Waals surface area (Å²) in [7, 11) is 0. The van der Waals surface area contributed by atoms with E-state index >= 15 is 0 Å². The molecule has 90 valence electrons. The molecule has 2 aromatic heterocycles. The number of nitrogens with one attached hydrogen (secondary N) is 1. The van der Waals surface area contributed by atoms with Gasteiger partial charge in [0, 0.05) is 16.8 Å². The van der Waals surface area contributed by atoms with Gasteiger partial charge in [-0.25, -0.2) is 0 Å². The second kappa shape index (κ2) is 3.53. The van der Waals surface area contributed by atoms with Crippen LogP contribution in [0.5, 0.6) is 0 Å². The van der Waals surface area contributed by atoms with E-state index in [2.05, 4.69) is 39.8 Å². The van der Waals surface area contributed by atoms with Crippen molar-refractivity contribution >= 4 is 23.1 Å². The van der Waals surface area contributed by atoms with E-state index in [9.17, 15) is 0 Å². The summed E-state index contributed by atoms with van der Waals surface area (Å²) in [5.74, 6) is 0.770. The first-order valence-corrected chi connectivity index (χ1v) is 5.97. The molecule has 2 unspecified atom stereocenters. The molecule has 6 nitrogen and oxygen atoms in total. The Morgan fingerprint density at radius 3 is 3.00 bits per heavy atom. The zero-order valence-corrected chi connectivity index (χ0v) is 10.4. The van der Waals surface area contributed by atoms with E-state index in [-0.39, 0.29) is 10.8 Å². The molecular weight excluding hydrogens is 240 g/mol. The quantitative estimate of drug-likeness (QED) is 0.817. The average Bonchev–Trinajstić information content (AvgIpc) is 2.76. The van der Waals surface area contributed by atoms with Crippen LogP contribution in [-0.4, -0.2) is 36.7 Å². The molecule has 1 aliphatic rings. The molecular formula is C10H13ClN6. The SMILES string of the molecule is CC1(C)C(Cl)CC1Nc1ccc2nnnn2n1. The fraction of sp³-hybridized carbons (Fsp3) is 0.600. The van der Waals surface area contributed by atoms with E-state index in [1.54, 1.807) is 0 Å². The zero-order valence-electron chi connectivity index (χ0n) is 9.63. The fourth-order valence-corrected chi connectivity index (χ4v) is 2.35. The van der Waals surface area contributed by atoms with Crippen molar-refractivity contribution in [3.05, 3.63) is 12.1 Å². The molecule has 1 saturated carbocycles. The van der Waals surface area contributed by atoms with E-state index in [1.807, 2.05) is 12.1 Å². The van der Waals surface area contributed by atoms with E-state index in [0.717, 1.165) is 12.2 Å². The maximum atomic E-state index is 6.18. The van der Waals surface area contributed by atoms with Crippen molar-refractivity contribution < 1.29 is 0 Å². The first kappa shape index (κ1) is 10.7. The summed E-state index contributed by atoms with van der Waals surface area (Å²) >= 11 is 6.18. The predicted octanol–water partition coefficient (Wildman–Crippen LogP) is 1.34. The molecule has 0 radical (unpaired) electrons. The summed E-state index contributed by atoms with van der Waals surface area (Å²) in [5, 5.41) is 19.0. The first-order valence-electron chi connectivity index (χ1n) is 5.53. The number of anilines is 1. The van der Waals surface area contributed by atoms with Gasteiger partial charge in [0.1, 0.15) is 5.82 Å². The third kappa shape index (κ3) is 1.63. The number of hydrogen-bond acceptors (Lipinski definition) is 5. The lowest BCUT2D eigenvalue weighted by molar-refractivity contribution is 0.168.